The maximum atomic E-state index is 10.8. The molecule has 1 aromatic carbocycles. The summed E-state index contributed by atoms with van der Waals surface area (Å²) >= 11 is 5.50. The largest absolute Gasteiger partial charge is 0.479 e. The van der Waals surface area contributed by atoms with E-state index in [-0.39, 0.29) is 5.88 Å². The van der Waals surface area contributed by atoms with E-state index in [1.165, 1.54) is 0 Å². The van der Waals surface area contributed by atoms with Gasteiger partial charge in [-0.15, -0.1) is 11.6 Å². The number of aliphatic carboxylic acids is 1. The zero-order valence-electron chi connectivity index (χ0n) is 8.44. The predicted octanol–water partition coefficient (Wildman–Crippen LogP) is 2.46. The van der Waals surface area contributed by atoms with E-state index in [0.717, 1.165) is 5.56 Å². The average Bonchev–Trinajstić information content (AvgIpc) is 2.20. The van der Waals surface area contributed by atoms with Crippen molar-refractivity contribution in [3.8, 4) is 5.75 Å². The fourth-order valence-corrected chi connectivity index (χ4v) is 1.37. The van der Waals surface area contributed by atoms with E-state index in [4.69, 9.17) is 21.4 Å². The quantitative estimate of drug-likeness (QED) is 0.788. The summed E-state index contributed by atoms with van der Waals surface area (Å²) in [5.41, 5.74) is 0.915. The Bertz CT molecular complexity index is 338. The van der Waals surface area contributed by atoms with Gasteiger partial charge in [0.2, 0.25) is 0 Å². The lowest BCUT2D eigenvalue weighted by Gasteiger charge is -2.15. The van der Waals surface area contributed by atoms with Crippen LogP contribution in [-0.2, 0) is 4.79 Å². The standard InChI is InChI=1S/C11H13ClO3/c1-8-4-2-3-5-9(8)15-10(6-7-12)11(13)14/h2-5,10H,6-7H2,1H3,(H,13,14). The van der Waals surface area contributed by atoms with Gasteiger partial charge in [0, 0.05) is 12.3 Å². The van der Waals surface area contributed by atoms with Gasteiger partial charge in [-0.1, -0.05) is 18.2 Å². The van der Waals surface area contributed by atoms with Crippen LogP contribution in [0.25, 0.3) is 0 Å². The number of halogens is 1. The third kappa shape index (κ3) is 3.44. The average molecular weight is 229 g/mol. The number of alkyl halides is 1. The molecule has 15 heavy (non-hydrogen) atoms. The van der Waals surface area contributed by atoms with Crippen LogP contribution in [0.5, 0.6) is 5.75 Å². The Morgan fingerprint density at radius 1 is 1.53 bits per heavy atom. The topological polar surface area (TPSA) is 46.5 Å². The monoisotopic (exact) mass is 228 g/mol. The normalized spacial score (nSPS) is 12.1. The molecule has 82 valence electrons. The van der Waals surface area contributed by atoms with E-state index in [9.17, 15) is 4.79 Å². The molecule has 0 aliphatic rings. The number of hydrogen-bond donors (Lipinski definition) is 1. The third-order valence-electron chi connectivity index (χ3n) is 2.01. The highest BCUT2D eigenvalue weighted by Crippen LogP contribution is 2.19. The Hall–Kier alpha value is -1.22. The van der Waals surface area contributed by atoms with Crippen molar-refractivity contribution in [2.75, 3.05) is 5.88 Å². The lowest BCUT2D eigenvalue weighted by molar-refractivity contribution is -0.145. The van der Waals surface area contributed by atoms with Gasteiger partial charge >= 0.3 is 5.97 Å². The highest BCUT2D eigenvalue weighted by molar-refractivity contribution is 6.18. The molecule has 1 N–H and O–H groups in total. The molecule has 0 bridgehead atoms. The Morgan fingerprint density at radius 3 is 2.73 bits per heavy atom. The van der Waals surface area contributed by atoms with Gasteiger partial charge in [-0.2, -0.15) is 0 Å². The number of hydrogen-bond acceptors (Lipinski definition) is 2. The van der Waals surface area contributed by atoms with Crippen molar-refractivity contribution in [3.63, 3.8) is 0 Å². The molecule has 0 spiro atoms. The van der Waals surface area contributed by atoms with E-state index >= 15 is 0 Å². The molecule has 0 aromatic heterocycles. The Balaban J connectivity index is 2.74. The van der Waals surface area contributed by atoms with E-state index in [1.54, 1.807) is 6.07 Å². The van der Waals surface area contributed by atoms with Gasteiger partial charge in [-0.05, 0) is 18.6 Å². The van der Waals surface area contributed by atoms with Crippen molar-refractivity contribution < 1.29 is 14.6 Å². The molecule has 1 atom stereocenters. The molecule has 0 aliphatic heterocycles. The first-order chi connectivity index (χ1) is 7.15. The van der Waals surface area contributed by atoms with Gasteiger partial charge in [-0.25, -0.2) is 4.79 Å². The molecule has 0 aliphatic carbocycles. The molecule has 0 fully saturated rings. The lowest BCUT2D eigenvalue weighted by atomic mass is 10.2. The van der Waals surface area contributed by atoms with Gasteiger partial charge in [0.15, 0.2) is 6.10 Å². The number of carboxylic acid groups (broad SMARTS) is 1. The first-order valence-electron chi connectivity index (χ1n) is 4.66. The SMILES string of the molecule is Cc1ccccc1OC(CCCl)C(=O)O. The first kappa shape index (κ1) is 11.9. The number of ether oxygens (including phenoxy) is 1. The van der Waals surface area contributed by atoms with Crippen molar-refractivity contribution >= 4 is 17.6 Å². The molecule has 3 nitrogen and oxygen atoms in total. The van der Waals surface area contributed by atoms with E-state index < -0.39 is 12.1 Å². The van der Waals surface area contributed by atoms with Crippen LogP contribution in [0.15, 0.2) is 24.3 Å². The molecular weight excluding hydrogens is 216 g/mol. The minimum absolute atomic E-state index is 0.267. The number of para-hydroxylation sites is 1. The second-order valence-electron chi connectivity index (χ2n) is 3.19. The van der Waals surface area contributed by atoms with E-state index in [0.29, 0.717) is 12.2 Å². The summed E-state index contributed by atoms with van der Waals surface area (Å²) in [4.78, 5) is 10.8. The van der Waals surface area contributed by atoms with Gasteiger partial charge in [-0.3, -0.25) is 0 Å². The minimum atomic E-state index is -0.987. The molecule has 4 heteroatoms. The van der Waals surface area contributed by atoms with Crippen LogP contribution < -0.4 is 4.74 Å². The van der Waals surface area contributed by atoms with Gasteiger partial charge in [0.1, 0.15) is 5.75 Å². The Kier molecular flexibility index (Phi) is 4.43. The summed E-state index contributed by atoms with van der Waals surface area (Å²) in [5, 5.41) is 8.87. The summed E-state index contributed by atoms with van der Waals surface area (Å²) in [6.07, 6.45) is -0.575. The molecule has 0 saturated carbocycles. The van der Waals surface area contributed by atoms with Crippen molar-refractivity contribution in [1.82, 2.24) is 0 Å². The number of aryl methyl sites for hydroxylation is 1. The van der Waals surface area contributed by atoms with Crippen molar-refractivity contribution in [1.29, 1.82) is 0 Å². The lowest BCUT2D eigenvalue weighted by Crippen LogP contribution is -2.27. The predicted molar refractivity (Wildman–Crippen MR) is 58.6 cm³/mol. The molecule has 0 radical (unpaired) electrons. The molecule has 1 rings (SSSR count). The molecule has 1 aromatic rings. The molecule has 0 saturated heterocycles. The highest BCUT2D eigenvalue weighted by atomic mass is 35.5. The Labute approximate surface area is 93.6 Å². The number of carboxylic acids is 1. The van der Waals surface area contributed by atoms with Crippen LogP contribution in [0.1, 0.15) is 12.0 Å². The third-order valence-corrected chi connectivity index (χ3v) is 2.23. The summed E-state index contributed by atoms with van der Waals surface area (Å²) in [5.74, 6) is -0.128. The zero-order valence-corrected chi connectivity index (χ0v) is 9.20. The second-order valence-corrected chi connectivity index (χ2v) is 3.57. The van der Waals surface area contributed by atoms with Crippen LogP contribution in [0.3, 0.4) is 0 Å². The highest BCUT2D eigenvalue weighted by Gasteiger charge is 2.18. The number of rotatable bonds is 5. The number of carbonyl (C=O) groups is 1. The van der Waals surface area contributed by atoms with Crippen LogP contribution in [-0.4, -0.2) is 23.1 Å². The van der Waals surface area contributed by atoms with E-state index in [1.807, 2.05) is 25.1 Å². The summed E-state index contributed by atoms with van der Waals surface area (Å²) in [6, 6.07) is 7.30. The van der Waals surface area contributed by atoms with Gasteiger partial charge in [0.05, 0.1) is 0 Å². The van der Waals surface area contributed by atoms with Crippen LogP contribution in [0.2, 0.25) is 0 Å². The zero-order chi connectivity index (χ0) is 11.3. The van der Waals surface area contributed by atoms with Crippen molar-refractivity contribution in [3.05, 3.63) is 29.8 Å². The Morgan fingerprint density at radius 2 is 2.20 bits per heavy atom. The van der Waals surface area contributed by atoms with Gasteiger partial charge < -0.3 is 9.84 Å². The van der Waals surface area contributed by atoms with Gasteiger partial charge in [0.25, 0.3) is 0 Å². The molecular formula is C11H13ClO3. The summed E-state index contributed by atoms with van der Waals surface area (Å²) in [7, 11) is 0. The minimum Gasteiger partial charge on any atom is -0.479 e. The van der Waals surface area contributed by atoms with Crippen molar-refractivity contribution in [2.24, 2.45) is 0 Å². The summed E-state index contributed by atoms with van der Waals surface area (Å²) in [6.45, 7) is 1.87. The smallest absolute Gasteiger partial charge is 0.344 e. The molecule has 0 heterocycles. The maximum Gasteiger partial charge on any atom is 0.344 e. The van der Waals surface area contributed by atoms with Crippen LogP contribution >= 0.6 is 11.6 Å². The number of benzene rings is 1. The molecule has 0 amide bonds. The fraction of sp³-hybridized carbons (Fsp3) is 0.364. The second kappa shape index (κ2) is 5.61. The summed E-state index contributed by atoms with van der Waals surface area (Å²) < 4.78 is 5.36. The van der Waals surface area contributed by atoms with Crippen molar-refractivity contribution in [2.45, 2.75) is 19.4 Å². The van der Waals surface area contributed by atoms with Crippen LogP contribution in [0, 0.1) is 6.92 Å². The maximum absolute atomic E-state index is 10.8. The fourth-order valence-electron chi connectivity index (χ4n) is 1.17. The van der Waals surface area contributed by atoms with E-state index in [2.05, 4.69) is 0 Å². The van der Waals surface area contributed by atoms with Crippen LogP contribution in [0.4, 0.5) is 0 Å². The molecule has 1 unspecified atom stereocenters. The first-order valence-corrected chi connectivity index (χ1v) is 5.19.